The van der Waals surface area contributed by atoms with Crippen molar-refractivity contribution in [3.63, 3.8) is 0 Å². The Labute approximate surface area is 140 Å². The molecule has 2 aromatic heterocycles. The van der Waals surface area contributed by atoms with Crippen LogP contribution in [0.2, 0.25) is 0 Å². The standard InChI is InChI=1S/C18H21N5O/c1-12(2)15-16(21-18-19-11-20-23(18)17(15)24)13-5-7-14(8-6-13)22-9-3-4-10-22/h5-8,11-12H,3-4,9-10H2,1-2H3,(H,19,20,21). The topological polar surface area (TPSA) is 66.3 Å². The van der Waals surface area contributed by atoms with Crippen LogP contribution in [0, 0.1) is 0 Å². The van der Waals surface area contributed by atoms with Crippen LogP contribution in [0.5, 0.6) is 0 Å². The quantitative estimate of drug-likeness (QED) is 0.805. The Balaban J connectivity index is 1.83. The van der Waals surface area contributed by atoms with Gasteiger partial charge in [0.15, 0.2) is 0 Å². The van der Waals surface area contributed by atoms with E-state index in [-0.39, 0.29) is 11.5 Å². The fraction of sp³-hybridized carbons (Fsp3) is 0.389. The molecule has 6 nitrogen and oxygen atoms in total. The predicted molar refractivity (Wildman–Crippen MR) is 94.6 cm³/mol. The summed E-state index contributed by atoms with van der Waals surface area (Å²) in [5, 5.41) is 4.02. The molecular weight excluding hydrogens is 302 g/mol. The van der Waals surface area contributed by atoms with Gasteiger partial charge in [-0.15, -0.1) is 0 Å². The van der Waals surface area contributed by atoms with Gasteiger partial charge in [0.05, 0.1) is 5.69 Å². The Hall–Kier alpha value is -2.63. The van der Waals surface area contributed by atoms with Gasteiger partial charge < -0.3 is 9.88 Å². The van der Waals surface area contributed by atoms with Crippen molar-refractivity contribution in [3.05, 3.63) is 46.5 Å². The second-order valence-electron chi connectivity index (χ2n) is 6.61. The highest BCUT2D eigenvalue weighted by Crippen LogP contribution is 2.28. The maximum atomic E-state index is 12.7. The fourth-order valence-corrected chi connectivity index (χ4v) is 3.45. The smallest absolute Gasteiger partial charge is 0.279 e. The van der Waals surface area contributed by atoms with Gasteiger partial charge in [-0.05, 0) is 36.5 Å². The number of anilines is 1. The summed E-state index contributed by atoms with van der Waals surface area (Å²) in [6.07, 6.45) is 3.92. The molecule has 0 saturated carbocycles. The lowest BCUT2D eigenvalue weighted by atomic mass is 9.98. The van der Waals surface area contributed by atoms with Gasteiger partial charge in [0.2, 0.25) is 5.78 Å². The number of aromatic amines is 1. The summed E-state index contributed by atoms with van der Waals surface area (Å²) in [6, 6.07) is 8.43. The van der Waals surface area contributed by atoms with Crippen molar-refractivity contribution >= 4 is 11.5 Å². The van der Waals surface area contributed by atoms with E-state index in [2.05, 4.69) is 44.2 Å². The molecule has 0 bridgehead atoms. The van der Waals surface area contributed by atoms with Gasteiger partial charge >= 0.3 is 0 Å². The van der Waals surface area contributed by atoms with Crippen LogP contribution in [-0.2, 0) is 0 Å². The van der Waals surface area contributed by atoms with E-state index >= 15 is 0 Å². The molecule has 124 valence electrons. The van der Waals surface area contributed by atoms with Gasteiger partial charge in [0.1, 0.15) is 6.33 Å². The zero-order valence-corrected chi connectivity index (χ0v) is 14.0. The third kappa shape index (κ3) is 2.38. The number of hydrogen-bond donors (Lipinski definition) is 1. The molecule has 0 radical (unpaired) electrons. The van der Waals surface area contributed by atoms with Crippen LogP contribution in [0.15, 0.2) is 35.4 Å². The Morgan fingerprint density at radius 3 is 2.50 bits per heavy atom. The molecule has 3 heterocycles. The maximum Gasteiger partial charge on any atom is 0.279 e. The van der Waals surface area contributed by atoms with Crippen molar-refractivity contribution in [1.29, 1.82) is 0 Å². The monoisotopic (exact) mass is 323 g/mol. The summed E-state index contributed by atoms with van der Waals surface area (Å²) in [7, 11) is 0. The minimum absolute atomic E-state index is 0.0932. The Morgan fingerprint density at radius 1 is 1.12 bits per heavy atom. The van der Waals surface area contributed by atoms with Crippen molar-refractivity contribution < 1.29 is 0 Å². The molecule has 6 heteroatoms. The number of nitrogens with zero attached hydrogens (tertiary/aromatic N) is 4. The third-order valence-electron chi connectivity index (χ3n) is 4.68. The lowest BCUT2D eigenvalue weighted by Crippen LogP contribution is -2.22. The normalized spacial score (nSPS) is 14.9. The lowest BCUT2D eigenvalue weighted by molar-refractivity contribution is 0.797. The molecule has 1 fully saturated rings. The molecule has 0 unspecified atom stereocenters. The Morgan fingerprint density at radius 2 is 1.83 bits per heavy atom. The van der Waals surface area contributed by atoms with Crippen LogP contribution in [0.25, 0.3) is 17.0 Å². The number of rotatable bonds is 3. The highest BCUT2D eigenvalue weighted by molar-refractivity contribution is 5.67. The average molecular weight is 323 g/mol. The lowest BCUT2D eigenvalue weighted by Gasteiger charge is -2.18. The molecule has 4 rings (SSSR count). The van der Waals surface area contributed by atoms with Crippen LogP contribution >= 0.6 is 0 Å². The first-order valence-corrected chi connectivity index (χ1v) is 8.46. The molecule has 0 atom stereocenters. The molecule has 3 aromatic rings. The van der Waals surface area contributed by atoms with Gasteiger partial charge in [-0.2, -0.15) is 14.6 Å². The second kappa shape index (κ2) is 5.78. The largest absolute Gasteiger partial charge is 0.372 e. The molecule has 1 aromatic carbocycles. The Bertz CT molecular complexity index is 917. The summed E-state index contributed by atoms with van der Waals surface area (Å²) < 4.78 is 1.33. The highest BCUT2D eigenvalue weighted by atomic mass is 16.1. The third-order valence-corrected chi connectivity index (χ3v) is 4.68. The van der Waals surface area contributed by atoms with Crippen molar-refractivity contribution in [2.75, 3.05) is 18.0 Å². The highest BCUT2D eigenvalue weighted by Gasteiger charge is 2.18. The zero-order valence-electron chi connectivity index (χ0n) is 14.0. The van der Waals surface area contributed by atoms with E-state index in [9.17, 15) is 4.79 Å². The van der Waals surface area contributed by atoms with E-state index in [1.54, 1.807) is 0 Å². The van der Waals surface area contributed by atoms with Crippen molar-refractivity contribution in [2.24, 2.45) is 0 Å². The number of nitrogens with one attached hydrogen (secondary N) is 1. The van der Waals surface area contributed by atoms with E-state index in [0.29, 0.717) is 5.78 Å². The predicted octanol–water partition coefficient (Wildman–Crippen LogP) is 2.81. The van der Waals surface area contributed by atoms with Gasteiger partial charge in [-0.1, -0.05) is 26.0 Å². The molecule has 0 aliphatic carbocycles. The molecule has 1 saturated heterocycles. The van der Waals surface area contributed by atoms with Crippen LogP contribution in [0.1, 0.15) is 38.2 Å². The first-order chi connectivity index (χ1) is 11.6. The summed E-state index contributed by atoms with van der Waals surface area (Å²) in [4.78, 5) is 22.5. The average Bonchev–Trinajstić information content (AvgIpc) is 3.26. The number of aromatic nitrogens is 4. The molecule has 0 spiro atoms. The van der Waals surface area contributed by atoms with E-state index in [4.69, 9.17) is 0 Å². The fourth-order valence-electron chi connectivity index (χ4n) is 3.45. The number of hydrogen-bond acceptors (Lipinski definition) is 4. The van der Waals surface area contributed by atoms with Crippen LogP contribution in [-0.4, -0.2) is 32.7 Å². The first-order valence-electron chi connectivity index (χ1n) is 8.46. The molecule has 24 heavy (non-hydrogen) atoms. The summed E-state index contributed by atoms with van der Waals surface area (Å²) in [5.41, 5.74) is 3.72. The summed E-state index contributed by atoms with van der Waals surface area (Å²) >= 11 is 0. The number of fused-ring (bicyclic) bond motifs is 1. The minimum atomic E-state index is -0.102. The first kappa shape index (κ1) is 14.9. The molecule has 0 amide bonds. The SMILES string of the molecule is CC(C)c1c(-c2ccc(N3CCCC3)cc2)[nH]c2ncnn2c1=O. The maximum absolute atomic E-state index is 12.7. The van der Waals surface area contributed by atoms with Gasteiger partial charge in [-0.25, -0.2) is 0 Å². The van der Waals surface area contributed by atoms with Crippen molar-refractivity contribution in [1.82, 2.24) is 19.6 Å². The summed E-state index contributed by atoms with van der Waals surface area (Å²) in [6.45, 7) is 6.29. The second-order valence-corrected chi connectivity index (χ2v) is 6.61. The van der Waals surface area contributed by atoms with Crippen LogP contribution in [0.4, 0.5) is 5.69 Å². The van der Waals surface area contributed by atoms with Crippen LogP contribution < -0.4 is 10.5 Å². The number of H-pyrrole nitrogens is 1. The van der Waals surface area contributed by atoms with Crippen molar-refractivity contribution in [2.45, 2.75) is 32.6 Å². The van der Waals surface area contributed by atoms with Gasteiger partial charge in [0, 0.05) is 24.3 Å². The molecular formula is C18H21N5O. The van der Waals surface area contributed by atoms with E-state index < -0.39 is 0 Å². The van der Waals surface area contributed by atoms with Gasteiger partial charge in [0.25, 0.3) is 5.56 Å². The molecule has 1 aliphatic rings. The van der Waals surface area contributed by atoms with Crippen molar-refractivity contribution in [3.8, 4) is 11.3 Å². The van der Waals surface area contributed by atoms with Crippen LogP contribution in [0.3, 0.4) is 0 Å². The molecule has 1 aliphatic heterocycles. The Kier molecular flexibility index (Phi) is 3.59. The summed E-state index contributed by atoms with van der Waals surface area (Å²) in [5.74, 6) is 0.568. The number of benzene rings is 1. The zero-order chi connectivity index (χ0) is 16.7. The van der Waals surface area contributed by atoms with E-state index in [1.807, 2.05) is 13.8 Å². The van der Waals surface area contributed by atoms with Gasteiger partial charge in [-0.3, -0.25) is 4.79 Å². The van der Waals surface area contributed by atoms with E-state index in [0.717, 1.165) is 29.9 Å². The minimum Gasteiger partial charge on any atom is -0.372 e. The van der Waals surface area contributed by atoms with E-state index in [1.165, 1.54) is 29.4 Å². The molecule has 1 N–H and O–H groups in total.